The summed E-state index contributed by atoms with van der Waals surface area (Å²) < 4.78 is 1.94. The second-order valence-electron chi connectivity index (χ2n) is 4.11. The van der Waals surface area contributed by atoms with E-state index in [4.69, 9.17) is 0 Å². The Hall–Kier alpha value is -1.75. The van der Waals surface area contributed by atoms with Crippen molar-refractivity contribution in [3.8, 4) is 0 Å². The van der Waals surface area contributed by atoms with E-state index in [0.29, 0.717) is 0 Å². The van der Waals surface area contributed by atoms with Gasteiger partial charge in [-0.05, 0) is 18.6 Å². The van der Waals surface area contributed by atoms with E-state index in [0.717, 1.165) is 31.0 Å². The molecule has 0 spiro atoms. The summed E-state index contributed by atoms with van der Waals surface area (Å²) in [5.74, 6) is 0.995. The third-order valence-corrected chi connectivity index (χ3v) is 2.61. The van der Waals surface area contributed by atoms with Crippen molar-refractivity contribution in [2.75, 3.05) is 6.54 Å². The number of pyridine rings is 1. The van der Waals surface area contributed by atoms with Gasteiger partial charge in [0.25, 0.3) is 0 Å². The molecule has 0 bridgehead atoms. The molecule has 1 N–H and O–H groups in total. The Kier molecular flexibility index (Phi) is 3.82. The highest BCUT2D eigenvalue weighted by atomic mass is 15.2. The van der Waals surface area contributed by atoms with Crippen molar-refractivity contribution >= 4 is 0 Å². The van der Waals surface area contributed by atoms with E-state index in [9.17, 15) is 0 Å². The van der Waals surface area contributed by atoms with Crippen molar-refractivity contribution in [1.29, 1.82) is 0 Å². The summed E-state index contributed by atoms with van der Waals surface area (Å²) >= 11 is 0. The maximum Gasteiger partial charge on any atom is 0.133 e. The number of nitrogens with zero attached hydrogens (tertiary/aromatic N) is 4. The minimum absolute atomic E-state index is 0.790. The molecule has 0 aromatic carbocycles. The minimum Gasteiger partial charge on any atom is -0.321 e. The maximum atomic E-state index is 4.33. The van der Waals surface area contributed by atoms with Crippen molar-refractivity contribution < 1.29 is 0 Å². The van der Waals surface area contributed by atoms with Crippen molar-refractivity contribution in [2.45, 2.75) is 19.9 Å². The van der Waals surface area contributed by atoms with Crippen molar-refractivity contribution in [1.82, 2.24) is 25.1 Å². The third-order valence-electron chi connectivity index (χ3n) is 2.61. The Morgan fingerprint density at radius 3 is 2.88 bits per heavy atom. The van der Waals surface area contributed by atoms with Gasteiger partial charge in [-0.2, -0.15) is 0 Å². The molecule has 0 aliphatic heterocycles. The Morgan fingerprint density at radius 1 is 1.35 bits per heavy atom. The highest BCUT2D eigenvalue weighted by Gasteiger charge is 1.99. The first-order valence-electron chi connectivity index (χ1n) is 5.71. The van der Waals surface area contributed by atoms with Gasteiger partial charge in [0.1, 0.15) is 12.2 Å². The van der Waals surface area contributed by atoms with E-state index in [1.165, 1.54) is 5.56 Å². The fourth-order valence-corrected chi connectivity index (χ4v) is 1.55. The second-order valence-corrected chi connectivity index (χ2v) is 4.11. The van der Waals surface area contributed by atoms with E-state index in [1.54, 1.807) is 6.33 Å². The van der Waals surface area contributed by atoms with Gasteiger partial charge >= 0.3 is 0 Å². The molecule has 5 heteroatoms. The van der Waals surface area contributed by atoms with Gasteiger partial charge in [0, 0.05) is 32.8 Å². The average Bonchev–Trinajstić information content (AvgIpc) is 2.73. The van der Waals surface area contributed by atoms with Crippen LogP contribution in [0.3, 0.4) is 0 Å². The zero-order valence-corrected chi connectivity index (χ0v) is 10.2. The molecule has 0 atom stereocenters. The highest BCUT2D eigenvalue weighted by molar-refractivity contribution is 5.11. The Morgan fingerprint density at radius 2 is 2.24 bits per heavy atom. The van der Waals surface area contributed by atoms with E-state index in [-0.39, 0.29) is 0 Å². The average molecular weight is 231 g/mol. The van der Waals surface area contributed by atoms with Crippen LogP contribution in [0, 0.1) is 6.92 Å². The standard InChI is InChI=1S/C12H17N5/c1-10-3-4-11(14-7-10)8-13-6-5-12-16-15-9-17(12)2/h3-4,7,9,13H,5-6,8H2,1-2H3. The summed E-state index contributed by atoms with van der Waals surface area (Å²) in [6, 6.07) is 4.12. The van der Waals surface area contributed by atoms with Crippen LogP contribution in [0.15, 0.2) is 24.7 Å². The van der Waals surface area contributed by atoms with Crippen LogP contribution in [0.2, 0.25) is 0 Å². The predicted molar refractivity (Wildman–Crippen MR) is 65.4 cm³/mol. The van der Waals surface area contributed by atoms with E-state index in [2.05, 4.69) is 26.6 Å². The number of aryl methyl sites for hydroxylation is 2. The molecule has 0 amide bonds. The van der Waals surface area contributed by atoms with Gasteiger partial charge in [-0.25, -0.2) is 0 Å². The zero-order chi connectivity index (χ0) is 12.1. The SMILES string of the molecule is Cc1ccc(CNCCc2nncn2C)nc1. The molecule has 0 fully saturated rings. The van der Waals surface area contributed by atoms with Gasteiger partial charge in [0.2, 0.25) is 0 Å². The lowest BCUT2D eigenvalue weighted by atomic mass is 10.3. The minimum atomic E-state index is 0.790. The largest absolute Gasteiger partial charge is 0.321 e. The van der Waals surface area contributed by atoms with Crippen LogP contribution in [0.1, 0.15) is 17.1 Å². The molecule has 0 aliphatic rings. The van der Waals surface area contributed by atoms with Gasteiger partial charge in [-0.15, -0.1) is 10.2 Å². The Balaban J connectivity index is 1.73. The molecule has 0 saturated carbocycles. The first-order valence-corrected chi connectivity index (χ1v) is 5.71. The molecule has 17 heavy (non-hydrogen) atoms. The lowest BCUT2D eigenvalue weighted by Crippen LogP contribution is -2.18. The second kappa shape index (κ2) is 5.54. The normalized spacial score (nSPS) is 10.7. The number of rotatable bonds is 5. The van der Waals surface area contributed by atoms with Crippen LogP contribution in [0.4, 0.5) is 0 Å². The molecule has 0 aliphatic carbocycles. The van der Waals surface area contributed by atoms with Crippen LogP contribution in [-0.2, 0) is 20.0 Å². The topological polar surface area (TPSA) is 55.6 Å². The molecule has 0 radical (unpaired) electrons. The van der Waals surface area contributed by atoms with Crippen LogP contribution in [-0.4, -0.2) is 26.3 Å². The van der Waals surface area contributed by atoms with E-state index in [1.807, 2.05) is 30.8 Å². The van der Waals surface area contributed by atoms with Gasteiger partial charge in [-0.1, -0.05) is 6.07 Å². The predicted octanol–water partition coefficient (Wildman–Crippen LogP) is 0.851. The first kappa shape index (κ1) is 11.7. The summed E-state index contributed by atoms with van der Waals surface area (Å²) in [6.07, 6.45) is 4.49. The zero-order valence-electron chi connectivity index (χ0n) is 10.2. The first-order chi connectivity index (χ1) is 8.25. The van der Waals surface area contributed by atoms with Crippen molar-refractivity contribution in [2.24, 2.45) is 7.05 Å². The number of hydrogen-bond acceptors (Lipinski definition) is 4. The molecule has 0 unspecified atom stereocenters. The Labute approximate surface area is 101 Å². The summed E-state index contributed by atoms with van der Waals surface area (Å²) in [6.45, 7) is 3.71. The molecular weight excluding hydrogens is 214 g/mol. The number of aromatic nitrogens is 4. The number of nitrogens with one attached hydrogen (secondary N) is 1. The van der Waals surface area contributed by atoms with E-state index >= 15 is 0 Å². The van der Waals surface area contributed by atoms with E-state index < -0.39 is 0 Å². The smallest absolute Gasteiger partial charge is 0.133 e. The quantitative estimate of drug-likeness (QED) is 0.775. The molecule has 2 heterocycles. The lowest BCUT2D eigenvalue weighted by Gasteiger charge is -2.04. The Bertz CT molecular complexity index is 460. The van der Waals surface area contributed by atoms with Crippen LogP contribution >= 0.6 is 0 Å². The van der Waals surface area contributed by atoms with Crippen LogP contribution in [0.25, 0.3) is 0 Å². The van der Waals surface area contributed by atoms with Gasteiger partial charge < -0.3 is 9.88 Å². The summed E-state index contributed by atoms with van der Waals surface area (Å²) in [7, 11) is 1.96. The van der Waals surface area contributed by atoms with Crippen LogP contribution in [0.5, 0.6) is 0 Å². The molecular formula is C12H17N5. The molecule has 90 valence electrons. The highest BCUT2D eigenvalue weighted by Crippen LogP contribution is 1.98. The number of hydrogen-bond donors (Lipinski definition) is 1. The molecule has 0 saturated heterocycles. The summed E-state index contributed by atoms with van der Waals surface area (Å²) in [5, 5.41) is 11.2. The molecule has 2 rings (SSSR count). The fourth-order valence-electron chi connectivity index (χ4n) is 1.55. The van der Waals surface area contributed by atoms with Crippen molar-refractivity contribution in [3.05, 3.63) is 41.7 Å². The summed E-state index contributed by atoms with van der Waals surface area (Å²) in [5.41, 5.74) is 2.25. The monoisotopic (exact) mass is 231 g/mol. The molecule has 2 aromatic rings. The molecule has 5 nitrogen and oxygen atoms in total. The van der Waals surface area contributed by atoms with Crippen molar-refractivity contribution in [3.63, 3.8) is 0 Å². The molecule has 2 aromatic heterocycles. The lowest BCUT2D eigenvalue weighted by molar-refractivity contribution is 0.645. The third kappa shape index (κ3) is 3.35. The van der Waals surface area contributed by atoms with Crippen LogP contribution < -0.4 is 5.32 Å². The van der Waals surface area contributed by atoms with Gasteiger partial charge in [0.05, 0.1) is 5.69 Å². The van der Waals surface area contributed by atoms with Gasteiger partial charge in [0.15, 0.2) is 0 Å². The summed E-state index contributed by atoms with van der Waals surface area (Å²) in [4.78, 5) is 4.33. The fraction of sp³-hybridized carbons (Fsp3) is 0.417. The van der Waals surface area contributed by atoms with Gasteiger partial charge in [-0.3, -0.25) is 4.98 Å². The maximum absolute atomic E-state index is 4.33.